The summed E-state index contributed by atoms with van der Waals surface area (Å²) in [6.45, 7) is 0.657. The van der Waals surface area contributed by atoms with E-state index in [1.165, 1.54) is 28.6 Å². The molecular formula is C22H26ClN3O6S. The summed E-state index contributed by atoms with van der Waals surface area (Å²) in [6.07, 6.45) is 0.0764. The Kier molecular flexibility index (Phi) is 8.67. The molecule has 1 unspecified atom stereocenters. The van der Waals surface area contributed by atoms with Crippen LogP contribution in [0.25, 0.3) is 0 Å². The maximum atomic E-state index is 13.0. The first-order chi connectivity index (χ1) is 15.8. The lowest BCUT2D eigenvalue weighted by molar-refractivity contribution is -0.140. The van der Waals surface area contributed by atoms with Gasteiger partial charge in [-0.2, -0.15) is 4.31 Å². The summed E-state index contributed by atoms with van der Waals surface area (Å²) in [4.78, 5) is 24.5. The van der Waals surface area contributed by atoms with Gasteiger partial charge in [-0.3, -0.25) is 9.59 Å². The normalized spacial score (nSPS) is 16.7. The number of nitrogens with zero attached hydrogens (tertiary/aromatic N) is 1. The predicted molar refractivity (Wildman–Crippen MR) is 122 cm³/mol. The van der Waals surface area contributed by atoms with Crippen LogP contribution in [0.3, 0.4) is 0 Å². The molecule has 0 radical (unpaired) electrons. The fourth-order valence-corrected chi connectivity index (χ4v) is 5.10. The van der Waals surface area contributed by atoms with E-state index in [2.05, 4.69) is 10.6 Å². The number of rotatable bonds is 8. The third kappa shape index (κ3) is 6.44. The standard InChI is InChI=1S/C22H26ClN3O6S/c1-31-19-6-3-2-5-16(19)11-12-24-21(27)22(28)25-15-20-26(13-4-14-32-20)33(29,30)18-9-7-17(23)8-10-18/h2-3,5-10,20H,4,11-15H2,1H3,(H,24,27)(H,25,28). The Bertz CT molecular complexity index is 1080. The van der Waals surface area contributed by atoms with Crippen LogP contribution in [0.1, 0.15) is 12.0 Å². The largest absolute Gasteiger partial charge is 0.496 e. The van der Waals surface area contributed by atoms with E-state index in [0.717, 1.165) is 5.56 Å². The lowest BCUT2D eigenvalue weighted by Crippen LogP contribution is -2.53. The Hall–Kier alpha value is -2.66. The highest BCUT2D eigenvalue weighted by molar-refractivity contribution is 7.89. The quantitative estimate of drug-likeness (QED) is 0.537. The van der Waals surface area contributed by atoms with Gasteiger partial charge >= 0.3 is 11.8 Å². The van der Waals surface area contributed by atoms with Crippen LogP contribution in [0.15, 0.2) is 53.4 Å². The van der Waals surface area contributed by atoms with E-state index >= 15 is 0 Å². The van der Waals surface area contributed by atoms with Crippen molar-refractivity contribution in [2.75, 3.05) is 33.4 Å². The maximum Gasteiger partial charge on any atom is 0.309 e. The van der Waals surface area contributed by atoms with Gasteiger partial charge in [-0.05, 0) is 48.7 Å². The molecule has 1 aliphatic rings. The number of carbonyl (C=O) groups excluding carboxylic acids is 2. The zero-order valence-electron chi connectivity index (χ0n) is 18.1. The summed E-state index contributed by atoms with van der Waals surface area (Å²) >= 11 is 5.85. The number of nitrogens with one attached hydrogen (secondary N) is 2. The summed E-state index contributed by atoms with van der Waals surface area (Å²) in [6, 6.07) is 13.2. The highest BCUT2D eigenvalue weighted by atomic mass is 35.5. The molecule has 2 N–H and O–H groups in total. The highest BCUT2D eigenvalue weighted by Crippen LogP contribution is 2.23. The minimum absolute atomic E-state index is 0.0720. The average Bonchev–Trinajstić information content (AvgIpc) is 2.83. The van der Waals surface area contributed by atoms with Gasteiger partial charge < -0.3 is 20.1 Å². The molecule has 2 aromatic carbocycles. The van der Waals surface area contributed by atoms with Crippen LogP contribution >= 0.6 is 11.6 Å². The Balaban J connectivity index is 1.54. The van der Waals surface area contributed by atoms with Crippen molar-refractivity contribution in [1.29, 1.82) is 0 Å². The van der Waals surface area contributed by atoms with E-state index < -0.39 is 28.1 Å². The number of hydrogen-bond acceptors (Lipinski definition) is 6. The number of sulfonamides is 1. The third-order valence-corrected chi connectivity index (χ3v) is 7.25. The molecule has 0 spiro atoms. The fourth-order valence-electron chi connectivity index (χ4n) is 3.41. The molecule has 11 heteroatoms. The van der Waals surface area contributed by atoms with E-state index in [9.17, 15) is 18.0 Å². The van der Waals surface area contributed by atoms with Gasteiger partial charge in [-0.25, -0.2) is 8.42 Å². The highest BCUT2D eigenvalue weighted by Gasteiger charge is 2.34. The Morgan fingerprint density at radius 3 is 2.55 bits per heavy atom. The van der Waals surface area contributed by atoms with Crippen LogP contribution in [0.4, 0.5) is 0 Å². The smallest absolute Gasteiger partial charge is 0.309 e. The Morgan fingerprint density at radius 2 is 1.82 bits per heavy atom. The maximum absolute atomic E-state index is 13.0. The van der Waals surface area contributed by atoms with E-state index in [1.54, 1.807) is 7.11 Å². The van der Waals surface area contributed by atoms with E-state index in [0.29, 0.717) is 30.2 Å². The van der Waals surface area contributed by atoms with Gasteiger partial charge in [-0.1, -0.05) is 29.8 Å². The van der Waals surface area contributed by atoms with Crippen molar-refractivity contribution in [1.82, 2.24) is 14.9 Å². The van der Waals surface area contributed by atoms with E-state index in [-0.39, 0.29) is 24.5 Å². The van der Waals surface area contributed by atoms with Gasteiger partial charge in [-0.15, -0.1) is 0 Å². The minimum Gasteiger partial charge on any atom is -0.496 e. The second kappa shape index (κ2) is 11.5. The zero-order chi connectivity index (χ0) is 23.8. The van der Waals surface area contributed by atoms with Gasteiger partial charge in [0, 0.05) is 18.1 Å². The number of para-hydroxylation sites is 1. The monoisotopic (exact) mass is 495 g/mol. The Labute approximate surface area is 198 Å². The second-order valence-corrected chi connectivity index (χ2v) is 9.60. The number of ether oxygens (including phenoxy) is 2. The summed E-state index contributed by atoms with van der Waals surface area (Å²) in [7, 11) is -2.30. The van der Waals surface area contributed by atoms with Crippen LogP contribution in [0.2, 0.25) is 5.02 Å². The summed E-state index contributed by atoms with van der Waals surface area (Å²) in [5.74, 6) is -0.978. The number of methoxy groups -OCH3 is 1. The molecule has 0 bridgehead atoms. The first kappa shape index (κ1) is 25.0. The van der Waals surface area contributed by atoms with E-state index in [4.69, 9.17) is 21.1 Å². The van der Waals surface area contributed by atoms with Gasteiger partial charge in [0.1, 0.15) is 12.0 Å². The summed E-state index contributed by atoms with van der Waals surface area (Å²) in [5.41, 5.74) is 0.902. The molecule has 0 aliphatic carbocycles. The number of benzene rings is 2. The minimum atomic E-state index is -3.86. The van der Waals surface area contributed by atoms with Crippen LogP contribution < -0.4 is 15.4 Å². The van der Waals surface area contributed by atoms with Gasteiger partial charge in [0.2, 0.25) is 10.0 Å². The molecule has 1 fully saturated rings. The molecule has 2 aromatic rings. The molecule has 1 heterocycles. The lowest BCUT2D eigenvalue weighted by atomic mass is 10.1. The third-order valence-electron chi connectivity index (χ3n) is 5.09. The average molecular weight is 496 g/mol. The van der Waals surface area contributed by atoms with Crippen molar-refractivity contribution < 1.29 is 27.5 Å². The second-order valence-electron chi connectivity index (χ2n) is 7.28. The van der Waals surface area contributed by atoms with Crippen molar-refractivity contribution in [3.8, 4) is 5.75 Å². The van der Waals surface area contributed by atoms with Gasteiger partial charge in [0.25, 0.3) is 0 Å². The SMILES string of the molecule is COc1ccccc1CCNC(=O)C(=O)NCC1OCCCN1S(=O)(=O)c1ccc(Cl)cc1. The Morgan fingerprint density at radius 1 is 1.12 bits per heavy atom. The molecule has 0 aromatic heterocycles. The van der Waals surface area contributed by atoms with Crippen LogP contribution in [0, 0.1) is 0 Å². The first-order valence-electron chi connectivity index (χ1n) is 10.4. The van der Waals surface area contributed by atoms with Crippen molar-refractivity contribution in [3.63, 3.8) is 0 Å². The van der Waals surface area contributed by atoms with Crippen molar-refractivity contribution in [3.05, 3.63) is 59.1 Å². The van der Waals surface area contributed by atoms with Crippen LogP contribution in [-0.2, 0) is 30.8 Å². The number of carbonyl (C=O) groups is 2. The molecular weight excluding hydrogens is 470 g/mol. The topological polar surface area (TPSA) is 114 Å². The van der Waals surface area contributed by atoms with Crippen LogP contribution in [0.5, 0.6) is 5.75 Å². The van der Waals surface area contributed by atoms with Crippen molar-refractivity contribution >= 4 is 33.4 Å². The molecule has 33 heavy (non-hydrogen) atoms. The van der Waals surface area contributed by atoms with E-state index in [1.807, 2.05) is 24.3 Å². The molecule has 0 saturated carbocycles. The predicted octanol–water partition coefficient (Wildman–Crippen LogP) is 1.56. The first-order valence-corrected chi connectivity index (χ1v) is 12.2. The van der Waals surface area contributed by atoms with Gasteiger partial charge in [0.15, 0.2) is 0 Å². The van der Waals surface area contributed by atoms with Crippen LogP contribution in [-0.4, -0.2) is 64.1 Å². The number of amides is 2. The van der Waals surface area contributed by atoms with Gasteiger partial charge in [0.05, 0.1) is 25.2 Å². The number of hydrogen-bond donors (Lipinski definition) is 2. The molecule has 3 rings (SSSR count). The molecule has 1 aliphatic heterocycles. The van der Waals surface area contributed by atoms with Crippen molar-refractivity contribution in [2.24, 2.45) is 0 Å². The molecule has 1 saturated heterocycles. The number of halogens is 1. The molecule has 9 nitrogen and oxygen atoms in total. The lowest BCUT2D eigenvalue weighted by Gasteiger charge is -2.34. The summed E-state index contributed by atoms with van der Waals surface area (Å²) in [5, 5.41) is 5.43. The molecule has 178 valence electrons. The zero-order valence-corrected chi connectivity index (χ0v) is 19.7. The van der Waals surface area contributed by atoms with Crippen molar-refractivity contribution in [2.45, 2.75) is 24.0 Å². The molecule has 1 atom stereocenters. The molecule has 2 amide bonds. The fraction of sp³-hybridized carbons (Fsp3) is 0.364. The summed E-state index contributed by atoms with van der Waals surface area (Å²) < 4.78 is 38.1.